The fourth-order valence-corrected chi connectivity index (χ4v) is 3.45. The number of piperidine rings is 1. The van der Waals surface area contributed by atoms with E-state index in [0.29, 0.717) is 6.04 Å². The lowest BCUT2D eigenvalue weighted by molar-refractivity contribution is 0.314. The summed E-state index contributed by atoms with van der Waals surface area (Å²) >= 11 is 0. The number of imidazole rings is 1. The first-order valence-electron chi connectivity index (χ1n) is 7.56. The van der Waals surface area contributed by atoms with Crippen LogP contribution in [0.1, 0.15) is 44.5 Å². The second-order valence-corrected chi connectivity index (χ2v) is 6.51. The van der Waals surface area contributed by atoms with E-state index in [0.717, 1.165) is 36.4 Å². The van der Waals surface area contributed by atoms with Crippen molar-refractivity contribution in [2.45, 2.75) is 44.1 Å². The van der Waals surface area contributed by atoms with Gasteiger partial charge in [-0.3, -0.25) is 0 Å². The van der Waals surface area contributed by atoms with Crippen LogP contribution in [0.15, 0.2) is 18.2 Å². The maximum Gasteiger partial charge on any atom is 0.125 e. The zero-order valence-corrected chi connectivity index (χ0v) is 11.8. The standard InChI is InChI=1S/C16H20FN3/c1-16(7-2-8-18-10-16)15-19-13-9-11(17)3-6-14(13)20(15)12-4-5-12/h3,6,9,12,18H,2,4-5,7-8,10H2,1H3. The van der Waals surface area contributed by atoms with Gasteiger partial charge in [-0.2, -0.15) is 0 Å². The molecule has 4 heteroatoms. The minimum absolute atomic E-state index is 0.0658. The van der Waals surface area contributed by atoms with Crippen molar-refractivity contribution >= 4 is 11.0 Å². The second kappa shape index (κ2) is 4.29. The molecule has 2 aromatic rings. The summed E-state index contributed by atoms with van der Waals surface area (Å²) in [6, 6.07) is 5.57. The summed E-state index contributed by atoms with van der Waals surface area (Å²) in [5, 5.41) is 3.49. The third-order valence-electron chi connectivity index (χ3n) is 4.70. The number of hydrogen-bond donors (Lipinski definition) is 1. The third kappa shape index (κ3) is 1.85. The van der Waals surface area contributed by atoms with Gasteiger partial charge in [-0.15, -0.1) is 0 Å². The molecule has 1 aliphatic carbocycles. The van der Waals surface area contributed by atoms with Crippen LogP contribution in [0, 0.1) is 5.82 Å². The molecule has 2 aliphatic rings. The van der Waals surface area contributed by atoms with Crippen LogP contribution in [0.4, 0.5) is 4.39 Å². The molecule has 1 atom stereocenters. The fraction of sp³-hybridized carbons (Fsp3) is 0.562. The molecule has 1 N–H and O–H groups in total. The highest BCUT2D eigenvalue weighted by Gasteiger charge is 2.38. The summed E-state index contributed by atoms with van der Waals surface area (Å²) in [4.78, 5) is 4.81. The van der Waals surface area contributed by atoms with Gasteiger partial charge in [0.1, 0.15) is 11.6 Å². The normalized spacial score (nSPS) is 27.1. The maximum absolute atomic E-state index is 13.5. The van der Waals surface area contributed by atoms with Crippen molar-refractivity contribution in [1.29, 1.82) is 0 Å². The largest absolute Gasteiger partial charge is 0.324 e. The highest BCUT2D eigenvalue weighted by Crippen LogP contribution is 2.42. The van der Waals surface area contributed by atoms with E-state index in [9.17, 15) is 4.39 Å². The number of rotatable bonds is 2. The summed E-state index contributed by atoms with van der Waals surface area (Å²) in [5.41, 5.74) is 1.96. The molecule has 0 amide bonds. The topological polar surface area (TPSA) is 29.9 Å². The van der Waals surface area contributed by atoms with Gasteiger partial charge in [-0.05, 0) is 44.4 Å². The Kier molecular flexibility index (Phi) is 2.64. The predicted octanol–water partition coefficient (Wildman–Crippen LogP) is 3.15. The maximum atomic E-state index is 13.5. The Labute approximate surface area is 118 Å². The SMILES string of the molecule is CC1(c2nc3cc(F)ccc3n2C2CC2)CCCNC1. The Morgan fingerprint density at radius 2 is 2.25 bits per heavy atom. The summed E-state index contributed by atoms with van der Waals surface area (Å²) < 4.78 is 15.8. The van der Waals surface area contributed by atoms with Crippen LogP contribution in [0.25, 0.3) is 11.0 Å². The van der Waals surface area contributed by atoms with E-state index in [1.165, 1.54) is 19.3 Å². The number of nitrogens with one attached hydrogen (secondary N) is 1. The van der Waals surface area contributed by atoms with Gasteiger partial charge in [-0.25, -0.2) is 9.37 Å². The Bertz CT molecular complexity index is 651. The lowest BCUT2D eigenvalue weighted by Gasteiger charge is -2.34. The lowest BCUT2D eigenvalue weighted by Crippen LogP contribution is -2.42. The highest BCUT2D eigenvalue weighted by atomic mass is 19.1. The number of aromatic nitrogens is 2. The first-order valence-corrected chi connectivity index (χ1v) is 7.56. The molecule has 0 bridgehead atoms. The van der Waals surface area contributed by atoms with Crippen molar-refractivity contribution in [3.05, 3.63) is 29.8 Å². The molecule has 1 saturated heterocycles. The molecule has 0 radical (unpaired) electrons. The van der Waals surface area contributed by atoms with E-state index in [2.05, 4.69) is 16.8 Å². The van der Waals surface area contributed by atoms with Crippen molar-refractivity contribution in [2.24, 2.45) is 0 Å². The molecule has 1 unspecified atom stereocenters. The molecule has 2 fully saturated rings. The Morgan fingerprint density at radius 1 is 1.40 bits per heavy atom. The van der Waals surface area contributed by atoms with Crippen LogP contribution in [0.2, 0.25) is 0 Å². The quantitative estimate of drug-likeness (QED) is 0.911. The van der Waals surface area contributed by atoms with Gasteiger partial charge in [0.2, 0.25) is 0 Å². The summed E-state index contributed by atoms with van der Waals surface area (Å²) in [6.07, 6.45) is 4.77. The number of nitrogens with zero attached hydrogens (tertiary/aromatic N) is 2. The van der Waals surface area contributed by atoms with Gasteiger partial charge in [0.25, 0.3) is 0 Å². The van der Waals surface area contributed by atoms with Gasteiger partial charge in [0.05, 0.1) is 11.0 Å². The number of benzene rings is 1. The molecule has 3 nitrogen and oxygen atoms in total. The van der Waals surface area contributed by atoms with E-state index in [4.69, 9.17) is 4.98 Å². The monoisotopic (exact) mass is 273 g/mol. The molecule has 1 saturated carbocycles. The molecule has 106 valence electrons. The molecule has 2 heterocycles. The Balaban J connectivity index is 1.91. The van der Waals surface area contributed by atoms with Crippen LogP contribution < -0.4 is 5.32 Å². The Hall–Kier alpha value is -1.42. The Morgan fingerprint density at radius 3 is 2.95 bits per heavy atom. The molecule has 1 aromatic heterocycles. The van der Waals surface area contributed by atoms with Crippen molar-refractivity contribution in [1.82, 2.24) is 14.9 Å². The minimum atomic E-state index is -0.198. The smallest absolute Gasteiger partial charge is 0.125 e. The van der Waals surface area contributed by atoms with Gasteiger partial charge >= 0.3 is 0 Å². The summed E-state index contributed by atoms with van der Waals surface area (Å²) in [6.45, 7) is 4.34. The third-order valence-corrected chi connectivity index (χ3v) is 4.70. The van der Waals surface area contributed by atoms with Gasteiger partial charge < -0.3 is 9.88 Å². The molecule has 4 rings (SSSR count). The van der Waals surface area contributed by atoms with Gasteiger partial charge in [0.15, 0.2) is 0 Å². The van der Waals surface area contributed by atoms with Gasteiger partial charge in [0, 0.05) is 24.1 Å². The van der Waals surface area contributed by atoms with Crippen LogP contribution in [0.5, 0.6) is 0 Å². The number of halogens is 1. The van der Waals surface area contributed by atoms with E-state index < -0.39 is 0 Å². The van der Waals surface area contributed by atoms with E-state index >= 15 is 0 Å². The predicted molar refractivity (Wildman–Crippen MR) is 77.4 cm³/mol. The summed E-state index contributed by atoms with van der Waals surface area (Å²) in [7, 11) is 0. The number of hydrogen-bond acceptors (Lipinski definition) is 2. The minimum Gasteiger partial charge on any atom is -0.324 e. The summed E-state index contributed by atoms with van der Waals surface area (Å²) in [5.74, 6) is 0.948. The van der Waals surface area contributed by atoms with E-state index in [1.54, 1.807) is 12.1 Å². The van der Waals surface area contributed by atoms with Crippen LogP contribution >= 0.6 is 0 Å². The first kappa shape index (κ1) is 12.3. The molecule has 0 spiro atoms. The molecule has 20 heavy (non-hydrogen) atoms. The molecular weight excluding hydrogens is 253 g/mol. The fourth-order valence-electron chi connectivity index (χ4n) is 3.45. The molecular formula is C16H20FN3. The van der Waals surface area contributed by atoms with Crippen LogP contribution in [-0.2, 0) is 5.41 Å². The van der Waals surface area contributed by atoms with Crippen LogP contribution in [-0.4, -0.2) is 22.6 Å². The zero-order chi connectivity index (χ0) is 13.7. The second-order valence-electron chi connectivity index (χ2n) is 6.51. The molecule has 1 aliphatic heterocycles. The van der Waals surface area contributed by atoms with Crippen molar-refractivity contribution in [3.8, 4) is 0 Å². The van der Waals surface area contributed by atoms with E-state index in [1.807, 2.05) is 6.07 Å². The average Bonchev–Trinajstić information content (AvgIpc) is 3.20. The van der Waals surface area contributed by atoms with Crippen molar-refractivity contribution in [3.63, 3.8) is 0 Å². The average molecular weight is 273 g/mol. The number of fused-ring (bicyclic) bond motifs is 1. The van der Waals surface area contributed by atoms with Gasteiger partial charge in [-0.1, -0.05) is 6.92 Å². The highest BCUT2D eigenvalue weighted by molar-refractivity contribution is 5.76. The lowest BCUT2D eigenvalue weighted by atomic mass is 9.82. The first-order chi connectivity index (χ1) is 9.67. The van der Waals surface area contributed by atoms with E-state index in [-0.39, 0.29) is 11.2 Å². The zero-order valence-electron chi connectivity index (χ0n) is 11.8. The van der Waals surface area contributed by atoms with Crippen LogP contribution in [0.3, 0.4) is 0 Å². The molecule has 1 aromatic carbocycles. The van der Waals surface area contributed by atoms with Crippen molar-refractivity contribution in [2.75, 3.05) is 13.1 Å². The van der Waals surface area contributed by atoms with Crippen molar-refractivity contribution < 1.29 is 4.39 Å².